The van der Waals surface area contributed by atoms with Crippen molar-refractivity contribution in [3.63, 3.8) is 0 Å². The summed E-state index contributed by atoms with van der Waals surface area (Å²) in [5, 5.41) is 17.9. The van der Waals surface area contributed by atoms with Crippen LogP contribution in [-0.4, -0.2) is 20.2 Å². The van der Waals surface area contributed by atoms with E-state index in [-0.39, 0.29) is 0 Å². The lowest BCUT2D eigenvalue weighted by Gasteiger charge is -2.19. The van der Waals surface area contributed by atoms with Gasteiger partial charge in [-0.3, -0.25) is 0 Å². The number of anilines is 1. The van der Waals surface area contributed by atoms with E-state index in [9.17, 15) is 0 Å². The number of nitrogens with zero attached hydrogens (tertiary/aromatic N) is 3. The number of rotatable bonds is 5. The molecule has 0 spiro atoms. The second kappa shape index (κ2) is 6.98. The van der Waals surface area contributed by atoms with Crippen molar-refractivity contribution in [3.05, 3.63) is 59.7 Å². The van der Waals surface area contributed by atoms with Crippen LogP contribution in [0.3, 0.4) is 0 Å². The van der Waals surface area contributed by atoms with E-state index >= 15 is 0 Å². The highest BCUT2D eigenvalue weighted by Gasteiger charge is 2.04. The van der Waals surface area contributed by atoms with Crippen LogP contribution in [0.1, 0.15) is 11.1 Å². The molecule has 0 aliphatic rings. The van der Waals surface area contributed by atoms with Gasteiger partial charge in [0, 0.05) is 12.7 Å². The molecule has 0 N–H and O–H groups in total. The Hall–Kier alpha value is -2.98. The summed E-state index contributed by atoms with van der Waals surface area (Å²) in [6.45, 7) is 1.13. The molecule has 2 rings (SSSR count). The molecule has 21 heavy (non-hydrogen) atoms. The molecule has 0 aromatic heterocycles. The zero-order chi connectivity index (χ0) is 15.1. The molecule has 2 aromatic carbocycles. The summed E-state index contributed by atoms with van der Waals surface area (Å²) in [5.41, 5.74) is 2.13. The maximum atomic E-state index is 8.99. The number of ether oxygens (including phenoxy) is 1. The van der Waals surface area contributed by atoms with Crippen molar-refractivity contribution in [2.45, 2.75) is 0 Å². The molecule has 0 saturated carbocycles. The molecule has 0 amide bonds. The number of hydrogen-bond donors (Lipinski definition) is 0. The molecular weight excluding hydrogens is 262 g/mol. The molecule has 0 bridgehead atoms. The van der Waals surface area contributed by atoms with Gasteiger partial charge in [0.05, 0.1) is 23.7 Å². The second-order valence-electron chi connectivity index (χ2n) is 4.54. The highest BCUT2D eigenvalue weighted by atomic mass is 16.5. The fourth-order valence-electron chi connectivity index (χ4n) is 1.92. The molecule has 0 fully saturated rings. The minimum absolute atomic E-state index is 0.464. The van der Waals surface area contributed by atoms with Crippen molar-refractivity contribution in [2.75, 3.05) is 25.1 Å². The van der Waals surface area contributed by atoms with Crippen molar-refractivity contribution in [3.8, 4) is 17.9 Å². The maximum absolute atomic E-state index is 8.99. The highest BCUT2D eigenvalue weighted by Crippen LogP contribution is 2.17. The van der Waals surface area contributed by atoms with Gasteiger partial charge >= 0.3 is 0 Å². The third-order valence-electron chi connectivity index (χ3n) is 3.11. The van der Waals surface area contributed by atoms with Gasteiger partial charge in [0.1, 0.15) is 18.4 Å². The summed E-state index contributed by atoms with van der Waals surface area (Å²) in [5.74, 6) is 0.596. The van der Waals surface area contributed by atoms with Gasteiger partial charge in [-0.1, -0.05) is 18.2 Å². The van der Waals surface area contributed by atoms with Gasteiger partial charge in [0.15, 0.2) is 0 Å². The Labute approximate surface area is 124 Å². The quantitative estimate of drug-likeness (QED) is 0.843. The summed E-state index contributed by atoms with van der Waals surface area (Å²) in [7, 11) is 1.94. The zero-order valence-corrected chi connectivity index (χ0v) is 11.8. The number of benzene rings is 2. The molecule has 0 heterocycles. The van der Waals surface area contributed by atoms with Crippen molar-refractivity contribution in [1.29, 1.82) is 10.5 Å². The van der Waals surface area contributed by atoms with Crippen molar-refractivity contribution in [2.24, 2.45) is 0 Å². The minimum atomic E-state index is 0.464. The van der Waals surface area contributed by atoms with Crippen LogP contribution in [-0.2, 0) is 0 Å². The van der Waals surface area contributed by atoms with Crippen LogP contribution in [0.25, 0.3) is 0 Å². The lowest BCUT2D eigenvalue weighted by atomic mass is 10.2. The van der Waals surface area contributed by atoms with E-state index in [4.69, 9.17) is 15.3 Å². The topological polar surface area (TPSA) is 60.0 Å². The van der Waals surface area contributed by atoms with E-state index in [1.54, 1.807) is 18.2 Å². The van der Waals surface area contributed by atoms with Crippen LogP contribution in [0.2, 0.25) is 0 Å². The summed E-state index contributed by atoms with van der Waals surface area (Å²) in [6, 6.07) is 18.8. The summed E-state index contributed by atoms with van der Waals surface area (Å²) >= 11 is 0. The molecule has 0 atom stereocenters. The standard InChI is InChI=1S/C17H15N3O/c1-20(16-7-4-5-14(11-16)12-18)9-10-21-17-8-3-2-6-15(17)13-19/h2-8,11H,9-10H2,1H3. The summed E-state index contributed by atoms with van der Waals surface area (Å²) in [6.07, 6.45) is 0. The fourth-order valence-corrected chi connectivity index (χ4v) is 1.92. The molecule has 0 aliphatic heterocycles. The van der Waals surface area contributed by atoms with E-state index in [2.05, 4.69) is 12.1 Å². The van der Waals surface area contributed by atoms with E-state index < -0.39 is 0 Å². The predicted octanol–water partition coefficient (Wildman–Crippen LogP) is 2.95. The third kappa shape index (κ3) is 3.75. The first-order chi connectivity index (χ1) is 10.2. The normalized spacial score (nSPS) is 9.48. The molecule has 0 saturated heterocycles. The largest absolute Gasteiger partial charge is 0.490 e. The van der Waals surface area contributed by atoms with Gasteiger partial charge in [-0.2, -0.15) is 10.5 Å². The SMILES string of the molecule is CN(CCOc1ccccc1C#N)c1cccc(C#N)c1. The van der Waals surface area contributed by atoms with Gasteiger partial charge in [0.2, 0.25) is 0 Å². The molecule has 0 aliphatic carbocycles. The Morgan fingerprint density at radius 2 is 1.86 bits per heavy atom. The Morgan fingerprint density at radius 1 is 1.05 bits per heavy atom. The number of para-hydroxylation sites is 1. The second-order valence-corrected chi connectivity index (χ2v) is 4.54. The van der Waals surface area contributed by atoms with E-state index in [0.29, 0.717) is 30.0 Å². The van der Waals surface area contributed by atoms with Gasteiger partial charge in [-0.25, -0.2) is 0 Å². The van der Waals surface area contributed by atoms with Gasteiger partial charge in [-0.05, 0) is 30.3 Å². The summed E-state index contributed by atoms with van der Waals surface area (Å²) in [4.78, 5) is 2.01. The Morgan fingerprint density at radius 3 is 2.62 bits per heavy atom. The van der Waals surface area contributed by atoms with Crippen LogP contribution >= 0.6 is 0 Å². The Bertz CT molecular complexity index is 698. The van der Waals surface area contributed by atoms with Crippen molar-refractivity contribution >= 4 is 5.69 Å². The summed E-state index contributed by atoms with van der Waals surface area (Å²) < 4.78 is 5.65. The molecule has 0 radical (unpaired) electrons. The molecule has 4 heteroatoms. The lowest BCUT2D eigenvalue weighted by Crippen LogP contribution is -2.23. The molecule has 0 unspecified atom stereocenters. The first-order valence-corrected chi connectivity index (χ1v) is 6.58. The third-order valence-corrected chi connectivity index (χ3v) is 3.11. The van der Waals surface area contributed by atoms with Gasteiger partial charge < -0.3 is 9.64 Å². The average Bonchev–Trinajstić information content (AvgIpc) is 2.55. The van der Waals surface area contributed by atoms with E-state index in [1.807, 2.05) is 42.3 Å². The van der Waals surface area contributed by atoms with E-state index in [1.165, 1.54) is 0 Å². The average molecular weight is 277 g/mol. The van der Waals surface area contributed by atoms with Crippen LogP contribution < -0.4 is 9.64 Å². The maximum Gasteiger partial charge on any atom is 0.137 e. The van der Waals surface area contributed by atoms with Gasteiger partial charge in [0.25, 0.3) is 0 Å². The highest BCUT2D eigenvalue weighted by molar-refractivity contribution is 5.51. The van der Waals surface area contributed by atoms with Crippen LogP contribution in [0.4, 0.5) is 5.69 Å². The van der Waals surface area contributed by atoms with Crippen LogP contribution in [0, 0.1) is 22.7 Å². The zero-order valence-electron chi connectivity index (χ0n) is 11.8. The number of nitriles is 2. The molecule has 4 nitrogen and oxygen atoms in total. The lowest BCUT2D eigenvalue weighted by molar-refractivity contribution is 0.325. The van der Waals surface area contributed by atoms with Crippen molar-refractivity contribution < 1.29 is 4.74 Å². The predicted molar refractivity (Wildman–Crippen MR) is 81.1 cm³/mol. The molecule has 2 aromatic rings. The monoisotopic (exact) mass is 277 g/mol. The van der Waals surface area contributed by atoms with Crippen LogP contribution in [0.5, 0.6) is 5.75 Å². The first kappa shape index (κ1) is 14.4. The van der Waals surface area contributed by atoms with Crippen LogP contribution in [0.15, 0.2) is 48.5 Å². The Balaban J connectivity index is 1.94. The Kier molecular flexibility index (Phi) is 4.79. The molecular formula is C17H15N3O. The molecule has 104 valence electrons. The number of hydrogen-bond acceptors (Lipinski definition) is 4. The minimum Gasteiger partial charge on any atom is -0.490 e. The smallest absolute Gasteiger partial charge is 0.137 e. The first-order valence-electron chi connectivity index (χ1n) is 6.58. The van der Waals surface area contributed by atoms with Crippen molar-refractivity contribution in [1.82, 2.24) is 0 Å². The van der Waals surface area contributed by atoms with Gasteiger partial charge in [-0.15, -0.1) is 0 Å². The fraction of sp³-hybridized carbons (Fsp3) is 0.176. The van der Waals surface area contributed by atoms with E-state index in [0.717, 1.165) is 5.69 Å². The number of likely N-dealkylation sites (N-methyl/N-ethyl adjacent to an activating group) is 1.